The Labute approximate surface area is 149 Å². The number of rotatable bonds is 5. The van der Waals surface area contributed by atoms with Gasteiger partial charge in [0.2, 0.25) is 0 Å². The van der Waals surface area contributed by atoms with Crippen LogP contribution in [0.5, 0.6) is 5.75 Å². The minimum Gasteiger partial charge on any atom is -0.507 e. The van der Waals surface area contributed by atoms with E-state index in [1.165, 1.54) is 12.1 Å². The molecule has 0 unspecified atom stereocenters. The van der Waals surface area contributed by atoms with Crippen LogP contribution in [0.4, 0.5) is 0 Å². The Kier molecular flexibility index (Phi) is 4.94. The molecule has 6 nitrogen and oxygen atoms in total. The molecule has 0 radical (unpaired) electrons. The number of carboxylic acids is 1. The van der Waals surface area contributed by atoms with Crippen LogP contribution >= 0.6 is 0 Å². The minimum absolute atomic E-state index is 0.0240. The first kappa shape index (κ1) is 17.2. The number of phenols is 1. The first-order chi connectivity index (χ1) is 12.6. The highest BCUT2D eigenvalue weighted by atomic mass is 16.4. The van der Waals surface area contributed by atoms with E-state index in [9.17, 15) is 14.7 Å². The first-order valence-corrected chi connectivity index (χ1v) is 7.89. The summed E-state index contributed by atoms with van der Waals surface area (Å²) in [4.78, 5) is 27.4. The Morgan fingerprint density at radius 1 is 0.962 bits per heavy atom. The summed E-state index contributed by atoms with van der Waals surface area (Å²) in [6.07, 6.45) is 3.44. The quantitative estimate of drug-likeness (QED) is 0.658. The molecule has 0 aliphatic carbocycles. The number of hydrogen-bond donors (Lipinski definition) is 3. The maximum absolute atomic E-state index is 12.3. The summed E-state index contributed by atoms with van der Waals surface area (Å²) >= 11 is 0. The van der Waals surface area contributed by atoms with Crippen molar-refractivity contribution in [1.82, 2.24) is 10.3 Å². The van der Waals surface area contributed by atoms with E-state index in [1.807, 2.05) is 24.3 Å². The monoisotopic (exact) mass is 348 g/mol. The second kappa shape index (κ2) is 7.48. The molecular formula is C20H16N2O4. The van der Waals surface area contributed by atoms with Crippen molar-refractivity contribution in [3.63, 3.8) is 0 Å². The van der Waals surface area contributed by atoms with Crippen molar-refractivity contribution in [3.05, 3.63) is 83.7 Å². The molecule has 0 bridgehead atoms. The van der Waals surface area contributed by atoms with Gasteiger partial charge in [-0.25, -0.2) is 4.79 Å². The fourth-order valence-corrected chi connectivity index (χ4v) is 2.53. The van der Waals surface area contributed by atoms with E-state index in [1.54, 1.807) is 30.6 Å². The normalized spacial score (nSPS) is 10.3. The number of pyridine rings is 1. The first-order valence-electron chi connectivity index (χ1n) is 7.89. The third kappa shape index (κ3) is 3.70. The van der Waals surface area contributed by atoms with Gasteiger partial charge in [0.25, 0.3) is 5.91 Å². The number of nitrogens with one attached hydrogen (secondary N) is 1. The lowest BCUT2D eigenvalue weighted by molar-refractivity contribution is 0.0693. The van der Waals surface area contributed by atoms with Crippen LogP contribution in [-0.2, 0) is 6.54 Å². The lowest BCUT2D eigenvalue weighted by Crippen LogP contribution is -2.23. The van der Waals surface area contributed by atoms with Gasteiger partial charge in [-0.2, -0.15) is 0 Å². The van der Waals surface area contributed by atoms with Gasteiger partial charge in [-0.05, 0) is 35.4 Å². The molecule has 0 spiro atoms. The number of para-hydroxylation sites is 1. The van der Waals surface area contributed by atoms with Gasteiger partial charge in [0.1, 0.15) is 11.3 Å². The standard InChI is InChI=1S/C20H16N2O4/c23-18-16(3-1-5-17(18)20(25)26)12-22-19(24)14-8-6-13(7-9-14)15-4-2-10-21-11-15/h1-11,23H,12H2,(H,22,24)(H,25,26). The van der Waals surface area contributed by atoms with Gasteiger partial charge in [-0.15, -0.1) is 0 Å². The van der Waals surface area contributed by atoms with E-state index >= 15 is 0 Å². The molecule has 0 aliphatic rings. The van der Waals surface area contributed by atoms with E-state index in [-0.39, 0.29) is 23.8 Å². The van der Waals surface area contributed by atoms with Crippen LogP contribution in [0.1, 0.15) is 26.3 Å². The van der Waals surface area contributed by atoms with Crippen LogP contribution in [0.2, 0.25) is 0 Å². The molecule has 1 amide bonds. The number of amides is 1. The molecule has 1 aromatic heterocycles. The second-order valence-corrected chi connectivity index (χ2v) is 5.62. The van der Waals surface area contributed by atoms with Crippen LogP contribution < -0.4 is 5.32 Å². The largest absolute Gasteiger partial charge is 0.507 e. The average molecular weight is 348 g/mol. The molecule has 0 saturated carbocycles. The van der Waals surface area contributed by atoms with Crippen molar-refractivity contribution >= 4 is 11.9 Å². The molecule has 6 heteroatoms. The zero-order valence-electron chi connectivity index (χ0n) is 13.7. The Balaban J connectivity index is 1.69. The lowest BCUT2D eigenvalue weighted by Gasteiger charge is -2.09. The van der Waals surface area contributed by atoms with E-state index in [2.05, 4.69) is 10.3 Å². The van der Waals surface area contributed by atoms with Crippen molar-refractivity contribution in [1.29, 1.82) is 0 Å². The van der Waals surface area contributed by atoms with Crippen molar-refractivity contribution in [2.24, 2.45) is 0 Å². The summed E-state index contributed by atoms with van der Waals surface area (Å²) in [6.45, 7) is 0.0240. The summed E-state index contributed by atoms with van der Waals surface area (Å²) in [5.74, 6) is -1.88. The minimum atomic E-state index is -1.22. The highest BCUT2D eigenvalue weighted by Gasteiger charge is 2.14. The van der Waals surface area contributed by atoms with E-state index < -0.39 is 5.97 Å². The average Bonchev–Trinajstić information content (AvgIpc) is 2.67. The van der Waals surface area contributed by atoms with Gasteiger partial charge < -0.3 is 15.5 Å². The van der Waals surface area contributed by atoms with Gasteiger partial charge in [-0.3, -0.25) is 9.78 Å². The molecule has 0 fully saturated rings. The molecule has 0 saturated heterocycles. The van der Waals surface area contributed by atoms with Crippen molar-refractivity contribution in [2.75, 3.05) is 0 Å². The molecule has 3 N–H and O–H groups in total. The zero-order valence-corrected chi connectivity index (χ0v) is 13.7. The summed E-state index contributed by atoms with van der Waals surface area (Å²) in [7, 11) is 0. The maximum Gasteiger partial charge on any atom is 0.339 e. The van der Waals surface area contributed by atoms with Gasteiger partial charge in [-0.1, -0.05) is 30.3 Å². The molecule has 3 rings (SSSR count). The number of nitrogens with zero attached hydrogens (tertiary/aromatic N) is 1. The fraction of sp³-hybridized carbons (Fsp3) is 0.0500. The molecule has 0 atom stereocenters. The SMILES string of the molecule is O=C(NCc1cccc(C(=O)O)c1O)c1ccc(-c2cccnc2)cc1. The molecule has 26 heavy (non-hydrogen) atoms. The van der Waals surface area contributed by atoms with Crippen molar-refractivity contribution < 1.29 is 19.8 Å². The third-order valence-corrected chi connectivity index (χ3v) is 3.93. The number of benzene rings is 2. The summed E-state index contributed by atoms with van der Waals surface area (Å²) in [5.41, 5.74) is 2.51. The predicted molar refractivity (Wildman–Crippen MR) is 95.9 cm³/mol. The number of aromatic hydroxyl groups is 1. The molecule has 2 aromatic carbocycles. The molecule has 130 valence electrons. The van der Waals surface area contributed by atoms with Gasteiger partial charge in [0, 0.05) is 30.1 Å². The van der Waals surface area contributed by atoms with Crippen LogP contribution in [0, 0.1) is 0 Å². The molecule has 3 aromatic rings. The summed E-state index contributed by atoms with van der Waals surface area (Å²) < 4.78 is 0. The van der Waals surface area contributed by atoms with Crippen molar-refractivity contribution in [3.8, 4) is 16.9 Å². The smallest absolute Gasteiger partial charge is 0.339 e. The fourth-order valence-electron chi connectivity index (χ4n) is 2.53. The van der Waals surface area contributed by atoms with Gasteiger partial charge >= 0.3 is 5.97 Å². The molecular weight excluding hydrogens is 332 g/mol. The van der Waals surface area contributed by atoms with Gasteiger partial charge in [0.05, 0.1) is 0 Å². The van der Waals surface area contributed by atoms with E-state index in [0.717, 1.165) is 11.1 Å². The maximum atomic E-state index is 12.3. The number of carboxylic acid groups (broad SMARTS) is 1. The van der Waals surface area contributed by atoms with Crippen LogP contribution in [-0.4, -0.2) is 27.1 Å². The summed E-state index contributed by atoms with van der Waals surface area (Å²) in [6, 6.07) is 15.2. The Morgan fingerprint density at radius 2 is 1.73 bits per heavy atom. The topological polar surface area (TPSA) is 99.5 Å². The number of carbonyl (C=O) groups excluding carboxylic acids is 1. The number of aromatic carboxylic acids is 1. The predicted octanol–water partition coefficient (Wildman–Crippen LogP) is 3.08. The summed E-state index contributed by atoms with van der Waals surface area (Å²) in [5, 5.41) is 21.7. The number of aromatic nitrogens is 1. The van der Waals surface area contributed by atoms with Crippen LogP contribution in [0.25, 0.3) is 11.1 Å². The van der Waals surface area contributed by atoms with Crippen molar-refractivity contribution in [2.45, 2.75) is 6.54 Å². The molecule has 1 heterocycles. The van der Waals surface area contributed by atoms with E-state index in [4.69, 9.17) is 5.11 Å². The molecule has 0 aliphatic heterocycles. The lowest BCUT2D eigenvalue weighted by atomic mass is 10.1. The van der Waals surface area contributed by atoms with Crippen LogP contribution in [0.15, 0.2) is 67.0 Å². The third-order valence-electron chi connectivity index (χ3n) is 3.93. The highest BCUT2D eigenvalue weighted by molar-refractivity contribution is 5.95. The Bertz CT molecular complexity index is 938. The Morgan fingerprint density at radius 3 is 2.38 bits per heavy atom. The number of hydrogen-bond acceptors (Lipinski definition) is 4. The highest BCUT2D eigenvalue weighted by Crippen LogP contribution is 2.22. The van der Waals surface area contributed by atoms with Gasteiger partial charge in [0.15, 0.2) is 0 Å². The zero-order chi connectivity index (χ0) is 18.5. The Hall–Kier alpha value is -3.67. The second-order valence-electron chi connectivity index (χ2n) is 5.62. The number of carbonyl (C=O) groups is 2. The van der Waals surface area contributed by atoms with E-state index in [0.29, 0.717) is 11.1 Å². The van der Waals surface area contributed by atoms with Crippen LogP contribution in [0.3, 0.4) is 0 Å².